The van der Waals surface area contributed by atoms with Gasteiger partial charge in [0.15, 0.2) is 0 Å². The topological polar surface area (TPSA) is 90.0 Å². The van der Waals surface area contributed by atoms with Crippen LogP contribution in [0.15, 0.2) is 54.1 Å². The van der Waals surface area contributed by atoms with Crippen molar-refractivity contribution >= 4 is 29.8 Å². The Labute approximate surface area is 197 Å². The summed E-state index contributed by atoms with van der Waals surface area (Å²) in [7, 11) is 0. The molecule has 1 saturated heterocycles. The number of hydrogen-bond donors (Lipinski definition) is 0. The van der Waals surface area contributed by atoms with Crippen molar-refractivity contribution in [3.63, 3.8) is 0 Å². The summed E-state index contributed by atoms with van der Waals surface area (Å²) in [5, 5.41) is 0. The molecule has 2 aromatic rings. The van der Waals surface area contributed by atoms with E-state index < -0.39 is 17.7 Å². The molecule has 4 rings (SSSR count). The highest BCUT2D eigenvalue weighted by molar-refractivity contribution is 6.21. The quantitative estimate of drug-likeness (QED) is 0.170. The summed E-state index contributed by atoms with van der Waals surface area (Å²) < 4.78 is 10.3. The first kappa shape index (κ1) is 23.0. The van der Waals surface area contributed by atoms with Gasteiger partial charge in [0.2, 0.25) is 0 Å². The number of nitrogens with zero attached hydrogens (tertiary/aromatic N) is 1. The van der Waals surface area contributed by atoms with Crippen LogP contribution in [-0.4, -0.2) is 41.0 Å². The van der Waals surface area contributed by atoms with Crippen molar-refractivity contribution in [3.8, 4) is 11.8 Å². The van der Waals surface area contributed by atoms with Crippen molar-refractivity contribution in [2.24, 2.45) is 0 Å². The molecule has 0 N–H and O–H groups in total. The number of unbranched alkanes of at least 4 members (excludes halogenated alkanes) is 2. The summed E-state index contributed by atoms with van der Waals surface area (Å²) in [5.41, 5.74) is 1.97. The Hall–Kier alpha value is -4.18. The smallest absolute Gasteiger partial charge is 0.348 e. The van der Waals surface area contributed by atoms with Gasteiger partial charge in [-0.15, -0.1) is 0 Å². The van der Waals surface area contributed by atoms with Crippen LogP contribution in [0, 0.1) is 11.8 Å². The highest BCUT2D eigenvalue weighted by Gasteiger charge is 2.39. The van der Waals surface area contributed by atoms with Crippen LogP contribution in [0.2, 0.25) is 0 Å². The molecule has 34 heavy (non-hydrogen) atoms. The number of esters is 2. The van der Waals surface area contributed by atoms with Crippen LogP contribution in [0.1, 0.15) is 65.0 Å². The van der Waals surface area contributed by atoms with E-state index in [0.29, 0.717) is 48.1 Å². The van der Waals surface area contributed by atoms with Gasteiger partial charge in [0.25, 0.3) is 17.6 Å². The Morgan fingerprint density at radius 2 is 1.44 bits per heavy atom. The van der Waals surface area contributed by atoms with Gasteiger partial charge in [-0.3, -0.25) is 14.5 Å². The molecule has 2 amide bonds. The molecule has 0 spiro atoms. The van der Waals surface area contributed by atoms with Crippen molar-refractivity contribution in [1.82, 2.24) is 4.90 Å². The van der Waals surface area contributed by atoms with Crippen LogP contribution >= 0.6 is 0 Å². The summed E-state index contributed by atoms with van der Waals surface area (Å²) in [5.74, 6) is 2.87. The number of ether oxygens (including phenoxy) is 2. The number of amides is 2. The summed E-state index contributed by atoms with van der Waals surface area (Å²) in [4.78, 5) is 50.5. The maximum atomic E-state index is 12.4. The zero-order valence-corrected chi connectivity index (χ0v) is 18.9. The predicted octanol–water partition coefficient (Wildman–Crippen LogP) is 3.72. The fourth-order valence-electron chi connectivity index (χ4n) is 3.75. The van der Waals surface area contributed by atoms with Gasteiger partial charge in [-0.05, 0) is 42.7 Å². The maximum Gasteiger partial charge on any atom is 0.348 e. The van der Waals surface area contributed by atoms with E-state index in [0.717, 1.165) is 0 Å². The average Bonchev–Trinajstić information content (AvgIpc) is 3.03. The van der Waals surface area contributed by atoms with Crippen LogP contribution < -0.4 is 0 Å². The SMILES string of the molecule is CC1(C)OC(=O)C(=Cc2ccccc2C#CCCCCN2C(=O)c3ccccc3C2=O)C(=O)O1. The molecule has 0 bridgehead atoms. The summed E-state index contributed by atoms with van der Waals surface area (Å²) >= 11 is 0. The molecule has 0 saturated carbocycles. The molecule has 7 heteroatoms. The van der Waals surface area contributed by atoms with Crippen LogP contribution in [-0.2, 0) is 19.1 Å². The molecular formula is C27H23NO6. The fourth-order valence-corrected chi connectivity index (χ4v) is 3.75. The van der Waals surface area contributed by atoms with Gasteiger partial charge in [-0.2, -0.15) is 0 Å². The molecule has 0 atom stereocenters. The lowest BCUT2D eigenvalue weighted by Gasteiger charge is -2.29. The normalized spacial score (nSPS) is 16.4. The van der Waals surface area contributed by atoms with Gasteiger partial charge < -0.3 is 9.47 Å². The van der Waals surface area contributed by atoms with Crippen molar-refractivity contribution in [2.45, 2.75) is 38.9 Å². The summed E-state index contributed by atoms with van der Waals surface area (Å²) in [6.45, 7) is 3.33. The molecule has 2 aliphatic heterocycles. The monoisotopic (exact) mass is 457 g/mol. The minimum Gasteiger partial charge on any atom is -0.419 e. The lowest BCUT2D eigenvalue weighted by atomic mass is 10.0. The van der Waals surface area contributed by atoms with E-state index in [1.165, 1.54) is 24.8 Å². The molecule has 7 nitrogen and oxygen atoms in total. The van der Waals surface area contributed by atoms with Crippen LogP contribution in [0.25, 0.3) is 6.08 Å². The number of benzene rings is 2. The standard InChI is InChI=1S/C27H23NO6/c1-27(2)33-25(31)22(26(32)34-27)17-19-13-7-6-12-18(19)11-5-3-4-10-16-28-23(29)20-14-8-9-15-21(20)24(28)30/h6-9,12-15,17H,3-4,10,16H2,1-2H3. The van der Waals surface area contributed by atoms with E-state index in [1.54, 1.807) is 42.5 Å². The number of rotatable bonds is 5. The van der Waals surface area contributed by atoms with Gasteiger partial charge >= 0.3 is 11.9 Å². The maximum absolute atomic E-state index is 12.4. The molecular weight excluding hydrogens is 434 g/mol. The number of cyclic esters (lactones) is 2. The average molecular weight is 457 g/mol. The second-order valence-electron chi connectivity index (χ2n) is 8.39. The van der Waals surface area contributed by atoms with E-state index in [2.05, 4.69) is 11.8 Å². The molecule has 172 valence electrons. The highest BCUT2D eigenvalue weighted by atomic mass is 16.7. The Kier molecular flexibility index (Phi) is 6.33. The second kappa shape index (κ2) is 9.36. The van der Waals surface area contributed by atoms with Gasteiger partial charge in [-0.25, -0.2) is 9.59 Å². The number of fused-ring (bicyclic) bond motifs is 1. The highest BCUT2D eigenvalue weighted by Crippen LogP contribution is 2.25. The Bertz CT molecular complexity index is 1220. The van der Waals surface area contributed by atoms with Crippen molar-refractivity contribution in [2.75, 3.05) is 6.54 Å². The summed E-state index contributed by atoms with van der Waals surface area (Å²) in [6, 6.07) is 14.0. The zero-order valence-electron chi connectivity index (χ0n) is 18.9. The van der Waals surface area contributed by atoms with E-state index in [4.69, 9.17) is 9.47 Å². The third-order valence-electron chi connectivity index (χ3n) is 5.41. The largest absolute Gasteiger partial charge is 0.419 e. The molecule has 0 unspecified atom stereocenters. The molecule has 1 fully saturated rings. The first-order valence-corrected chi connectivity index (χ1v) is 11.0. The molecule has 0 aliphatic carbocycles. The minimum atomic E-state index is -1.29. The van der Waals surface area contributed by atoms with Gasteiger partial charge in [0.1, 0.15) is 5.57 Å². The molecule has 2 aliphatic rings. The Morgan fingerprint density at radius 1 is 0.853 bits per heavy atom. The van der Waals surface area contributed by atoms with E-state index in [-0.39, 0.29) is 17.4 Å². The van der Waals surface area contributed by atoms with Crippen LogP contribution in [0.3, 0.4) is 0 Å². The number of imide groups is 1. The molecule has 2 aromatic carbocycles. The number of carbonyl (C=O) groups is 4. The van der Waals surface area contributed by atoms with Crippen LogP contribution in [0.4, 0.5) is 0 Å². The zero-order chi connectivity index (χ0) is 24.3. The molecule has 0 aromatic heterocycles. The Morgan fingerprint density at radius 3 is 2.09 bits per heavy atom. The Balaban J connectivity index is 1.35. The predicted molar refractivity (Wildman–Crippen MR) is 123 cm³/mol. The third kappa shape index (κ3) is 4.76. The minimum absolute atomic E-state index is 0.186. The number of hydrogen-bond acceptors (Lipinski definition) is 6. The van der Waals surface area contributed by atoms with E-state index in [1.807, 2.05) is 6.07 Å². The number of carbonyl (C=O) groups excluding carboxylic acids is 4. The van der Waals surface area contributed by atoms with E-state index in [9.17, 15) is 19.2 Å². The first-order chi connectivity index (χ1) is 16.3. The fraction of sp³-hybridized carbons (Fsp3) is 0.259. The van der Waals surface area contributed by atoms with Crippen molar-refractivity contribution < 1.29 is 28.7 Å². The van der Waals surface area contributed by atoms with Crippen molar-refractivity contribution in [1.29, 1.82) is 0 Å². The second-order valence-corrected chi connectivity index (χ2v) is 8.39. The van der Waals surface area contributed by atoms with Gasteiger partial charge in [0.05, 0.1) is 11.1 Å². The van der Waals surface area contributed by atoms with Crippen molar-refractivity contribution in [3.05, 3.63) is 76.4 Å². The van der Waals surface area contributed by atoms with E-state index >= 15 is 0 Å². The van der Waals surface area contributed by atoms with Gasteiger partial charge in [0, 0.05) is 32.4 Å². The first-order valence-electron chi connectivity index (χ1n) is 11.0. The molecule has 2 heterocycles. The molecule has 0 radical (unpaired) electrons. The van der Waals surface area contributed by atoms with Crippen LogP contribution in [0.5, 0.6) is 0 Å². The van der Waals surface area contributed by atoms with Gasteiger partial charge in [-0.1, -0.05) is 42.2 Å². The lowest BCUT2D eigenvalue weighted by molar-refractivity contribution is -0.222. The third-order valence-corrected chi connectivity index (χ3v) is 5.41. The lowest BCUT2D eigenvalue weighted by Crippen LogP contribution is -2.41. The summed E-state index contributed by atoms with van der Waals surface area (Å²) in [6.07, 6.45) is 3.33.